The standard InChI is InChI=1S/C26H27N3O4S/c1-18-7-9-20(10-8-18)17-27-26(31)24(15-19-5-3-2-4-6-19)29-34(32,33)22-12-13-23-21(16-22)11-14-25(30)28-23/h2-10,12-13,16,24,29H,11,14-15,17H2,1H3,(H,27,31)(H,28,30)/t24-/m1/s1. The normalized spacial score (nSPS) is 14.1. The van der Waals surface area contributed by atoms with E-state index >= 15 is 0 Å². The minimum absolute atomic E-state index is 0.0618. The van der Waals surface area contributed by atoms with Crippen molar-refractivity contribution in [3.63, 3.8) is 0 Å². The molecule has 4 rings (SSSR count). The summed E-state index contributed by atoms with van der Waals surface area (Å²) in [6, 6.07) is 20.7. The Kier molecular flexibility index (Phi) is 7.09. The zero-order valence-electron chi connectivity index (χ0n) is 18.9. The highest BCUT2D eigenvalue weighted by molar-refractivity contribution is 7.89. The molecule has 0 aliphatic carbocycles. The second kappa shape index (κ2) is 10.2. The third kappa shape index (κ3) is 5.89. The van der Waals surface area contributed by atoms with Crippen molar-refractivity contribution in [2.45, 2.75) is 43.7 Å². The van der Waals surface area contributed by atoms with Crippen LogP contribution in [-0.2, 0) is 39.0 Å². The zero-order valence-corrected chi connectivity index (χ0v) is 19.7. The van der Waals surface area contributed by atoms with Crippen LogP contribution in [0.4, 0.5) is 5.69 Å². The lowest BCUT2D eigenvalue weighted by Gasteiger charge is -2.21. The van der Waals surface area contributed by atoms with E-state index < -0.39 is 22.0 Å². The SMILES string of the molecule is Cc1ccc(CNC(=O)[C@@H](Cc2ccccc2)NS(=O)(=O)c2ccc3c(c2)CCC(=O)N3)cc1. The van der Waals surface area contributed by atoms with Gasteiger partial charge in [-0.05, 0) is 54.7 Å². The average molecular weight is 478 g/mol. The maximum Gasteiger partial charge on any atom is 0.241 e. The van der Waals surface area contributed by atoms with Gasteiger partial charge < -0.3 is 10.6 Å². The number of fused-ring (bicyclic) bond motifs is 1. The molecule has 8 heteroatoms. The zero-order chi connectivity index (χ0) is 24.1. The van der Waals surface area contributed by atoms with Crippen molar-refractivity contribution < 1.29 is 18.0 Å². The molecule has 0 radical (unpaired) electrons. The topological polar surface area (TPSA) is 104 Å². The smallest absolute Gasteiger partial charge is 0.241 e. The molecule has 3 aromatic carbocycles. The third-order valence-corrected chi connectivity index (χ3v) is 7.24. The molecule has 3 N–H and O–H groups in total. The van der Waals surface area contributed by atoms with Crippen LogP contribution in [0.1, 0.15) is 28.7 Å². The lowest BCUT2D eigenvalue weighted by Crippen LogP contribution is -2.47. The largest absolute Gasteiger partial charge is 0.351 e. The van der Waals surface area contributed by atoms with Crippen LogP contribution in [-0.4, -0.2) is 26.3 Å². The van der Waals surface area contributed by atoms with Gasteiger partial charge in [0.15, 0.2) is 0 Å². The molecule has 1 aliphatic rings. The van der Waals surface area contributed by atoms with Crippen LogP contribution in [0, 0.1) is 6.92 Å². The quantitative estimate of drug-likeness (QED) is 0.464. The first kappa shape index (κ1) is 23.7. The molecular formula is C26H27N3O4S. The van der Waals surface area contributed by atoms with E-state index in [1.807, 2.05) is 61.5 Å². The molecule has 1 aliphatic heterocycles. The molecule has 2 amide bonds. The number of hydrogen-bond acceptors (Lipinski definition) is 4. The molecule has 0 aromatic heterocycles. The monoisotopic (exact) mass is 477 g/mol. The van der Waals surface area contributed by atoms with Crippen LogP contribution in [0.15, 0.2) is 77.7 Å². The molecule has 0 unspecified atom stereocenters. The maximum atomic E-state index is 13.2. The van der Waals surface area contributed by atoms with Crippen LogP contribution < -0.4 is 15.4 Å². The number of benzene rings is 3. The number of sulfonamides is 1. The van der Waals surface area contributed by atoms with E-state index in [2.05, 4.69) is 15.4 Å². The summed E-state index contributed by atoms with van der Waals surface area (Å²) in [7, 11) is -3.98. The fraction of sp³-hybridized carbons (Fsp3) is 0.231. The van der Waals surface area contributed by atoms with Gasteiger partial charge in [-0.3, -0.25) is 9.59 Å². The van der Waals surface area contributed by atoms with Gasteiger partial charge in [-0.1, -0.05) is 60.2 Å². The Bertz CT molecular complexity index is 1290. The van der Waals surface area contributed by atoms with Gasteiger partial charge in [-0.15, -0.1) is 0 Å². The molecule has 0 saturated heterocycles. The van der Waals surface area contributed by atoms with Gasteiger partial charge in [0.1, 0.15) is 6.04 Å². The molecule has 7 nitrogen and oxygen atoms in total. The van der Waals surface area contributed by atoms with Crippen molar-refractivity contribution in [2.75, 3.05) is 5.32 Å². The van der Waals surface area contributed by atoms with Gasteiger partial charge in [-0.2, -0.15) is 4.72 Å². The third-order valence-electron chi connectivity index (χ3n) is 5.77. The Morgan fingerprint density at radius 2 is 1.71 bits per heavy atom. The molecular weight excluding hydrogens is 450 g/mol. The first-order valence-corrected chi connectivity index (χ1v) is 12.6. The maximum absolute atomic E-state index is 13.2. The van der Waals surface area contributed by atoms with Crippen LogP contribution in [0.3, 0.4) is 0 Å². The highest BCUT2D eigenvalue weighted by atomic mass is 32.2. The summed E-state index contributed by atoms with van der Waals surface area (Å²) in [4.78, 5) is 24.7. The average Bonchev–Trinajstić information content (AvgIpc) is 2.83. The lowest BCUT2D eigenvalue weighted by molar-refractivity contribution is -0.123. The van der Waals surface area contributed by atoms with E-state index in [0.717, 1.165) is 22.3 Å². The lowest BCUT2D eigenvalue weighted by atomic mass is 10.0. The van der Waals surface area contributed by atoms with Crippen molar-refractivity contribution in [1.82, 2.24) is 10.0 Å². The summed E-state index contributed by atoms with van der Waals surface area (Å²) in [5.41, 5.74) is 4.26. The van der Waals surface area contributed by atoms with Crippen LogP contribution in [0.5, 0.6) is 0 Å². The Balaban J connectivity index is 1.53. The number of hydrogen-bond donors (Lipinski definition) is 3. The van der Waals surface area contributed by atoms with Crippen molar-refractivity contribution in [1.29, 1.82) is 0 Å². The highest BCUT2D eigenvalue weighted by Crippen LogP contribution is 2.25. The molecule has 0 saturated carbocycles. The molecule has 34 heavy (non-hydrogen) atoms. The fourth-order valence-corrected chi connectivity index (χ4v) is 5.08. The molecule has 0 spiro atoms. The number of carbonyl (C=O) groups is 2. The number of aryl methyl sites for hydroxylation is 2. The molecule has 0 bridgehead atoms. The Hall–Kier alpha value is -3.49. The second-order valence-electron chi connectivity index (χ2n) is 8.43. The number of rotatable bonds is 8. The van der Waals surface area contributed by atoms with Crippen LogP contribution in [0.25, 0.3) is 0 Å². The Morgan fingerprint density at radius 3 is 2.44 bits per heavy atom. The number of anilines is 1. The van der Waals surface area contributed by atoms with Gasteiger partial charge in [0, 0.05) is 18.7 Å². The summed E-state index contributed by atoms with van der Waals surface area (Å²) in [5.74, 6) is -0.493. The second-order valence-corrected chi connectivity index (χ2v) is 10.1. The van der Waals surface area contributed by atoms with E-state index in [-0.39, 0.29) is 17.2 Å². The van der Waals surface area contributed by atoms with E-state index in [9.17, 15) is 18.0 Å². The predicted octanol–water partition coefficient (Wildman–Crippen LogP) is 3.09. The van der Waals surface area contributed by atoms with Crippen LogP contribution in [0.2, 0.25) is 0 Å². The van der Waals surface area contributed by atoms with E-state index in [1.165, 1.54) is 6.07 Å². The van der Waals surface area contributed by atoms with E-state index in [0.29, 0.717) is 25.1 Å². The van der Waals surface area contributed by atoms with Crippen LogP contribution >= 0.6 is 0 Å². The predicted molar refractivity (Wildman–Crippen MR) is 131 cm³/mol. The minimum Gasteiger partial charge on any atom is -0.351 e. The van der Waals surface area contributed by atoms with Gasteiger partial charge >= 0.3 is 0 Å². The van der Waals surface area contributed by atoms with Crippen molar-refractivity contribution >= 4 is 27.5 Å². The Morgan fingerprint density at radius 1 is 0.971 bits per heavy atom. The van der Waals surface area contributed by atoms with Crippen molar-refractivity contribution in [3.05, 3.63) is 95.1 Å². The molecule has 1 heterocycles. The van der Waals surface area contributed by atoms with Crippen molar-refractivity contribution in [2.24, 2.45) is 0 Å². The van der Waals surface area contributed by atoms with Gasteiger partial charge in [0.05, 0.1) is 4.90 Å². The van der Waals surface area contributed by atoms with Gasteiger partial charge in [0.25, 0.3) is 0 Å². The summed E-state index contributed by atoms with van der Waals surface area (Å²) >= 11 is 0. The Labute approximate surface area is 199 Å². The summed E-state index contributed by atoms with van der Waals surface area (Å²) in [5, 5.41) is 5.60. The molecule has 176 valence electrons. The minimum atomic E-state index is -3.98. The highest BCUT2D eigenvalue weighted by Gasteiger charge is 2.27. The first-order chi connectivity index (χ1) is 16.3. The summed E-state index contributed by atoms with van der Waals surface area (Å²) in [6.45, 7) is 2.28. The summed E-state index contributed by atoms with van der Waals surface area (Å²) in [6.07, 6.45) is 0.984. The van der Waals surface area contributed by atoms with E-state index in [4.69, 9.17) is 0 Å². The number of amides is 2. The van der Waals surface area contributed by atoms with Gasteiger partial charge in [0.2, 0.25) is 21.8 Å². The van der Waals surface area contributed by atoms with E-state index in [1.54, 1.807) is 12.1 Å². The first-order valence-electron chi connectivity index (χ1n) is 11.1. The molecule has 0 fully saturated rings. The molecule has 3 aromatic rings. The molecule has 1 atom stereocenters. The fourth-order valence-electron chi connectivity index (χ4n) is 3.84. The summed E-state index contributed by atoms with van der Waals surface area (Å²) < 4.78 is 29.0. The van der Waals surface area contributed by atoms with Crippen molar-refractivity contribution in [3.8, 4) is 0 Å². The van der Waals surface area contributed by atoms with Gasteiger partial charge in [-0.25, -0.2) is 8.42 Å². The number of carbonyl (C=O) groups excluding carboxylic acids is 2. The number of nitrogens with one attached hydrogen (secondary N) is 3.